The van der Waals surface area contributed by atoms with Gasteiger partial charge in [-0.1, -0.05) is 6.07 Å². The fraction of sp³-hybridized carbons (Fsp3) is 0.500. The van der Waals surface area contributed by atoms with Gasteiger partial charge in [0.25, 0.3) is 0 Å². The maximum atomic E-state index is 12.5. The van der Waals surface area contributed by atoms with Gasteiger partial charge < -0.3 is 10.4 Å². The molecule has 1 aliphatic rings. The number of rotatable bonds is 5. The van der Waals surface area contributed by atoms with Gasteiger partial charge in [0.2, 0.25) is 5.91 Å². The summed E-state index contributed by atoms with van der Waals surface area (Å²) >= 11 is 1.04. The number of halogens is 3. The molecule has 3 nitrogen and oxygen atoms in total. The van der Waals surface area contributed by atoms with Gasteiger partial charge in [0.05, 0.1) is 16.9 Å². The number of nitrogens with one attached hydrogen (secondary N) is 1. The van der Waals surface area contributed by atoms with E-state index in [0.29, 0.717) is 17.7 Å². The number of thioether (sulfide) groups is 1. The summed E-state index contributed by atoms with van der Waals surface area (Å²) in [6, 6.07) is 4.88. The van der Waals surface area contributed by atoms with Crippen molar-refractivity contribution in [1.82, 2.24) is 5.32 Å². The largest absolute Gasteiger partial charge is 0.416 e. The normalized spacial score (nSPS) is 17.1. The molecule has 1 aliphatic carbocycles. The highest BCUT2D eigenvalue weighted by Gasteiger charge is 2.34. The van der Waals surface area contributed by atoms with E-state index in [9.17, 15) is 23.1 Å². The number of amides is 1. The van der Waals surface area contributed by atoms with Crippen molar-refractivity contribution in [2.45, 2.75) is 35.9 Å². The molecule has 21 heavy (non-hydrogen) atoms. The van der Waals surface area contributed by atoms with Gasteiger partial charge in [-0.2, -0.15) is 13.2 Å². The van der Waals surface area contributed by atoms with Gasteiger partial charge in [-0.25, -0.2) is 0 Å². The molecule has 0 bridgehead atoms. The van der Waals surface area contributed by atoms with Crippen molar-refractivity contribution in [3.63, 3.8) is 0 Å². The van der Waals surface area contributed by atoms with E-state index in [4.69, 9.17) is 0 Å². The van der Waals surface area contributed by atoms with Gasteiger partial charge >= 0.3 is 6.18 Å². The number of carbonyl (C=O) groups excluding carboxylic acids is 1. The van der Waals surface area contributed by atoms with Gasteiger partial charge in [-0.15, -0.1) is 11.8 Å². The molecule has 1 aromatic carbocycles. The van der Waals surface area contributed by atoms with Gasteiger partial charge in [0.15, 0.2) is 0 Å². The van der Waals surface area contributed by atoms with Crippen LogP contribution in [0.5, 0.6) is 0 Å². The van der Waals surface area contributed by atoms with Gasteiger partial charge in [0, 0.05) is 11.4 Å². The van der Waals surface area contributed by atoms with Gasteiger partial charge in [-0.05, 0) is 37.5 Å². The van der Waals surface area contributed by atoms with Gasteiger partial charge in [0.1, 0.15) is 0 Å². The van der Waals surface area contributed by atoms with Crippen LogP contribution in [-0.2, 0) is 11.0 Å². The minimum absolute atomic E-state index is 0.0252. The van der Waals surface area contributed by atoms with Crippen molar-refractivity contribution in [1.29, 1.82) is 0 Å². The zero-order valence-corrected chi connectivity index (χ0v) is 12.1. The number of carbonyl (C=O) groups is 1. The Morgan fingerprint density at radius 1 is 1.38 bits per heavy atom. The third-order valence-electron chi connectivity index (χ3n) is 3.43. The topological polar surface area (TPSA) is 49.3 Å². The van der Waals surface area contributed by atoms with Crippen LogP contribution in [0.3, 0.4) is 0 Å². The fourth-order valence-corrected chi connectivity index (χ4v) is 2.77. The molecule has 0 heterocycles. The SMILES string of the molecule is O=C(CSc1cccc(C(F)(F)F)c1)NCC1(O)CCC1. The molecule has 0 unspecified atom stereocenters. The summed E-state index contributed by atoms with van der Waals surface area (Å²) in [7, 11) is 0. The van der Waals surface area contributed by atoms with Crippen molar-refractivity contribution < 1.29 is 23.1 Å². The van der Waals surface area contributed by atoms with Crippen LogP contribution in [0.25, 0.3) is 0 Å². The van der Waals surface area contributed by atoms with Crippen molar-refractivity contribution in [3.05, 3.63) is 29.8 Å². The Morgan fingerprint density at radius 2 is 2.10 bits per heavy atom. The summed E-state index contributed by atoms with van der Waals surface area (Å²) < 4.78 is 37.6. The van der Waals surface area contributed by atoms with Crippen LogP contribution >= 0.6 is 11.8 Å². The molecule has 1 amide bonds. The third-order valence-corrected chi connectivity index (χ3v) is 4.42. The first kappa shape index (κ1) is 16.2. The van der Waals surface area contributed by atoms with Crippen LogP contribution in [-0.4, -0.2) is 28.9 Å². The zero-order chi connectivity index (χ0) is 15.5. The Kier molecular flexibility index (Phi) is 4.83. The molecule has 0 saturated heterocycles. The highest BCUT2D eigenvalue weighted by atomic mass is 32.2. The second-order valence-corrected chi connectivity index (χ2v) is 6.22. The van der Waals surface area contributed by atoms with E-state index in [0.717, 1.165) is 30.3 Å². The van der Waals surface area contributed by atoms with E-state index in [2.05, 4.69) is 5.32 Å². The molecular weight excluding hydrogens is 303 g/mol. The molecule has 2 N–H and O–H groups in total. The first-order valence-corrected chi connectivity index (χ1v) is 7.56. The molecule has 0 radical (unpaired) electrons. The smallest absolute Gasteiger partial charge is 0.388 e. The maximum Gasteiger partial charge on any atom is 0.416 e. The lowest BCUT2D eigenvalue weighted by atomic mass is 9.80. The van der Waals surface area contributed by atoms with Crippen LogP contribution in [0.15, 0.2) is 29.2 Å². The summed E-state index contributed by atoms with van der Waals surface area (Å²) in [5.41, 5.74) is -1.52. The molecular formula is C14H16F3NO2S. The lowest BCUT2D eigenvalue weighted by molar-refractivity contribution is -0.137. The quantitative estimate of drug-likeness (QED) is 0.821. The minimum Gasteiger partial charge on any atom is -0.388 e. The molecule has 1 aromatic rings. The maximum absolute atomic E-state index is 12.5. The van der Waals surface area contributed by atoms with Crippen LogP contribution in [0.1, 0.15) is 24.8 Å². The minimum atomic E-state index is -4.38. The molecule has 0 atom stereocenters. The predicted octanol–water partition coefficient (Wildman–Crippen LogP) is 2.83. The first-order chi connectivity index (χ1) is 9.78. The number of hydrogen-bond donors (Lipinski definition) is 2. The molecule has 116 valence electrons. The highest BCUT2D eigenvalue weighted by Crippen LogP contribution is 2.32. The number of alkyl halides is 3. The second kappa shape index (κ2) is 6.27. The fourth-order valence-electron chi connectivity index (χ4n) is 1.99. The summed E-state index contributed by atoms with van der Waals surface area (Å²) in [6.07, 6.45) is -2.08. The van der Waals surface area contributed by atoms with Crippen LogP contribution in [0, 0.1) is 0 Å². The summed E-state index contributed by atoms with van der Waals surface area (Å²) in [4.78, 5) is 12.0. The Labute approximate surface area is 124 Å². The van der Waals surface area contributed by atoms with Gasteiger partial charge in [-0.3, -0.25) is 4.79 Å². The van der Waals surface area contributed by atoms with Crippen molar-refractivity contribution in [2.24, 2.45) is 0 Å². The molecule has 7 heteroatoms. The molecule has 1 saturated carbocycles. The zero-order valence-electron chi connectivity index (χ0n) is 11.2. The van der Waals surface area contributed by atoms with E-state index in [1.165, 1.54) is 12.1 Å². The van der Waals surface area contributed by atoms with E-state index in [1.807, 2.05) is 0 Å². The highest BCUT2D eigenvalue weighted by molar-refractivity contribution is 8.00. The van der Waals surface area contributed by atoms with Crippen molar-refractivity contribution in [3.8, 4) is 0 Å². The predicted molar refractivity (Wildman–Crippen MR) is 74.0 cm³/mol. The Balaban J connectivity index is 1.81. The molecule has 0 aliphatic heterocycles. The lowest BCUT2D eigenvalue weighted by Gasteiger charge is -2.36. The average molecular weight is 319 g/mol. The monoisotopic (exact) mass is 319 g/mol. The molecule has 0 aromatic heterocycles. The summed E-state index contributed by atoms with van der Waals surface area (Å²) in [5.74, 6) is -0.269. The molecule has 1 fully saturated rings. The summed E-state index contributed by atoms with van der Waals surface area (Å²) in [5, 5.41) is 12.4. The Bertz CT molecular complexity index is 515. The third kappa shape index (κ3) is 4.64. The lowest BCUT2D eigenvalue weighted by Crippen LogP contribution is -2.48. The van der Waals surface area contributed by atoms with Crippen LogP contribution in [0.2, 0.25) is 0 Å². The number of hydrogen-bond acceptors (Lipinski definition) is 3. The number of aliphatic hydroxyl groups is 1. The van der Waals surface area contributed by atoms with Crippen molar-refractivity contribution in [2.75, 3.05) is 12.3 Å². The van der Waals surface area contributed by atoms with Crippen LogP contribution in [0.4, 0.5) is 13.2 Å². The van der Waals surface area contributed by atoms with E-state index < -0.39 is 17.3 Å². The Morgan fingerprint density at radius 3 is 2.67 bits per heavy atom. The Hall–Kier alpha value is -1.21. The second-order valence-electron chi connectivity index (χ2n) is 5.17. The van der Waals surface area contributed by atoms with Crippen LogP contribution < -0.4 is 5.32 Å². The first-order valence-electron chi connectivity index (χ1n) is 6.58. The standard InChI is InChI=1S/C14H16F3NO2S/c15-14(16,17)10-3-1-4-11(7-10)21-8-12(19)18-9-13(20)5-2-6-13/h1,3-4,7,20H,2,5-6,8-9H2,(H,18,19). The van der Waals surface area contributed by atoms with E-state index >= 15 is 0 Å². The van der Waals surface area contributed by atoms with Crippen molar-refractivity contribution >= 4 is 17.7 Å². The molecule has 2 rings (SSSR count). The summed E-state index contributed by atoms with van der Waals surface area (Å²) in [6.45, 7) is 0.203. The molecule has 0 spiro atoms. The average Bonchev–Trinajstić information content (AvgIpc) is 2.40. The number of benzene rings is 1. The van der Waals surface area contributed by atoms with E-state index in [-0.39, 0.29) is 18.2 Å². The van der Waals surface area contributed by atoms with E-state index in [1.54, 1.807) is 0 Å².